The zero-order valence-corrected chi connectivity index (χ0v) is 15.5. The zero-order valence-electron chi connectivity index (χ0n) is 13.9. The van der Waals surface area contributed by atoms with E-state index in [-0.39, 0.29) is 11.2 Å². The minimum Gasteiger partial charge on any atom is -0.355 e. The topological polar surface area (TPSA) is 35.6 Å². The van der Waals surface area contributed by atoms with Crippen LogP contribution in [0.1, 0.15) is 13.3 Å². The molecule has 1 heterocycles. The van der Waals surface area contributed by atoms with Crippen molar-refractivity contribution in [1.82, 2.24) is 15.1 Å². The summed E-state index contributed by atoms with van der Waals surface area (Å²) < 4.78 is 0. The molecule has 0 aromatic heterocycles. The van der Waals surface area contributed by atoms with Crippen LogP contribution in [0.15, 0.2) is 29.2 Å². The number of hydrogen-bond acceptors (Lipinski definition) is 4. The van der Waals surface area contributed by atoms with Gasteiger partial charge in [0.1, 0.15) is 0 Å². The van der Waals surface area contributed by atoms with Crippen LogP contribution in [-0.2, 0) is 4.79 Å². The van der Waals surface area contributed by atoms with Gasteiger partial charge in [0.25, 0.3) is 0 Å². The van der Waals surface area contributed by atoms with E-state index in [1.807, 2.05) is 31.2 Å². The van der Waals surface area contributed by atoms with Crippen LogP contribution in [0.25, 0.3) is 0 Å². The van der Waals surface area contributed by atoms with Gasteiger partial charge in [0, 0.05) is 42.6 Å². The molecular weight excluding hydrogens is 330 g/mol. The maximum Gasteiger partial charge on any atom is 0.233 e. The van der Waals surface area contributed by atoms with Gasteiger partial charge in [-0.2, -0.15) is 0 Å². The molecule has 1 aliphatic heterocycles. The first kappa shape index (κ1) is 18.6. The van der Waals surface area contributed by atoms with Gasteiger partial charge in [0.05, 0.1) is 5.25 Å². The van der Waals surface area contributed by atoms with Crippen molar-refractivity contribution in [2.75, 3.05) is 46.3 Å². The number of thioether (sulfide) groups is 1. The van der Waals surface area contributed by atoms with Gasteiger partial charge < -0.3 is 15.1 Å². The molecular formula is C17H26ClN3OS. The smallest absolute Gasteiger partial charge is 0.233 e. The van der Waals surface area contributed by atoms with Gasteiger partial charge in [-0.15, -0.1) is 11.8 Å². The molecule has 0 spiro atoms. The second kappa shape index (κ2) is 9.52. The first-order valence-corrected chi connectivity index (χ1v) is 9.41. The molecule has 1 saturated heterocycles. The lowest BCUT2D eigenvalue weighted by molar-refractivity contribution is -0.120. The fourth-order valence-electron chi connectivity index (χ4n) is 2.50. The summed E-state index contributed by atoms with van der Waals surface area (Å²) in [5.74, 6) is 0.100. The molecule has 23 heavy (non-hydrogen) atoms. The number of nitrogens with one attached hydrogen (secondary N) is 1. The summed E-state index contributed by atoms with van der Waals surface area (Å²) in [6.45, 7) is 8.29. The molecule has 1 aliphatic rings. The molecule has 4 nitrogen and oxygen atoms in total. The Kier molecular flexibility index (Phi) is 7.70. The Hall–Kier alpha value is -0.750. The van der Waals surface area contributed by atoms with E-state index in [1.165, 1.54) is 0 Å². The Balaban J connectivity index is 1.61. The van der Waals surface area contributed by atoms with E-state index in [0.717, 1.165) is 55.6 Å². The minimum absolute atomic E-state index is 0.0974. The quantitative estimate of drug-likeness (QED) is 0.602. The third kappa shape index (κ3) is 6.71. The van der Waals surface area contributed by atoms with Crippen LogP contribution in [0.2, 0.25) is 5.02 Å². The number of carbonyl (C=O) groups is 1. The molecule has 0 saturated carbocycles. The summed E-state index contributed by atoms with van der Waals surface area (Å²) in [6, 6.07) is 7.60. The molecule has 0 bridgehead atoms. The van der Waals surface area contributed by atoms with Crippen molar-refractivity contribution in [3.63, 3.8) is 0 Å². The van der Waals surface area contributed by atoms with Crippen molar-refractivity contribution in [1.29, 1.82) is 0 Å². The van der Waals surface area contributed by atoms with Crippen molar-refractivity contribution in [2.45, 2.75) is 23.5 Å². The summed E-state index contributed by atoms with van der Waals surface area (Å²) >= 11 is 7.43. The molecule has 1 amide bonds. The summed E-state index contributed by atoms with van der Waals surface area (Å²) in [7, 11) is 2.16. The highest BCUT2D eigenvalue weighted by Gasteiger charge is 2.15. The van der Waals surface area contributed by atoms with Crippen molar-refractivity contribution in [3.8, 4) is 0 Å². The molecule has 1 atom stereocenters. The zero-order chi connectivity index (χ0) is 16.7. The van der Waals surface area contributed by atoms with Gasteiger partial charge in [-0.25, -0.2) is 0 Å². The summed E-state index contributed by atoms with van der Waals surface area (Å²) in [5.41, 5.74) is 0. The van der Waals surface area contributed by atoms with Crippen LogP contribution >= 0.6 is 23.4 Å². The molecule has 1 aromatic carbocycles. The summed E-state index contributed by atoms with van der Waals surface area (Å²) in [6.07, 6.45) is 1.01. The van der Waals surface area contributed by atoms with E-state index < -0.39 is 0 Å². The lowest BCUT2D eigenvalue weighted by Gasteiger charge is -2.32. The van der Waals surface area contributed by atoms with Gasteiger partial charge in [0.15, 0.2) is 0 Å². The number of likely N-dealkylation sites (N-methyl/N-ethyl adjacent to an activating group) is 1. The minimum atomic E-state index is -0.0974. The van der Waals surface area contributed by atoms with Crippen LogP contribution in [0, 0.1) is 0 Å². The fourth-order valence-corrected chi connectivity index (χ4v) is 3.52. The van der Waals surface area contributed by atoms with Crippen molar-refractivity contribution in [3.05, 3.63) is 29.3 Å². The average molecular weight is 356 g/mol. The van der Waals surface area contributed by atoms with Gasteiger partial charge in [0.2, 0.25) is 5.91 Å². The first-order chi connectivity index (χ1) is 11.0. The van der Waals surface area contributed by atoms with Crippen molar-refractivity contribution < 1.29 is 4.79 Å². The molecule has 6 heteroatoms. The molecule has 1 aromatic rings. The third-order valence-corrected chi connectivity index (χ3v) is 5.41. The molecule has 0 aliphatic carbocycles. The Bertz CT molecular complexity index is 489. The number of benzene rings is 1. The molecule has 2 rings (SSSR count). The number of hydrogen-bond donors (Lipinski definition) is 1. The van der Waals surface area contributed by atoms with Gasteiger partial charge in [-0.1, -0.05) is 11.6 Å². The average Bonchev–Trinajstić information content (AvgIpc) is 2.55. The number of nitrogens with zero attached hydrogens (tertiary/aromatic N) is 2. The number of carbonyl (C=O) groups excluding carboxylic acids is 1. The van der Waals surface area contributed by atoms with Gasteiger partial charge >= 0.3 is 0 Å². The van der Waals surface area contributed by atoms with Crippen molar-refractivity contribution in [2.24, 2.45) is 0 Å². The summed E-state index contributed by atoms with van der Waals surface area (Å²) in [5, 5.41) is 3.66. The summed E-state index contributed by atoms with van der Waals surface area (Å²) in [4.78, 5) is 18.0. The van der Waals surface area contributed by atoms with Crippen LogP contribution in [0.4, 0.5) is 0 Å². The van der Waals surface area contributed by atoms with E-state index in [0.29, 0.717) is 0 Å². The van der Waals surface area contributed by atoms with Gasteiger partial charge in [-0.3, -0.25) is 4.79 Å². The van der Waals surface area contributed by atoms with Crippen LogP contribution in [-0.4, -0.2) is 67.3 Å². The lowest BCUT2D eigenvalue weighted by Crippen LogP contribution is -2.45. The fraction of sp³-hybridized carbons (Fsp3) is 0.588. The van der Waals surface area contributed by atoms with Crippen molar-refractivity contribution >= 4 is 29.3 Å². The van der Waals surface area contributed by atoms with Crippen LogP contribution < -0.4 is 5.32 Å². The number of rotatable bonds is 7. The monoisotopic (exact) mass is 355 g/mol. The molecule has 0 unspecified atom stereocenters. The number of piperazine rings is 1. The third-order valence-electron chi connectivity index (χ3n) is 4.04. The normalized spacial score (nSPS) is 17.9. The molecule has 1 fully saturated rings. The SMILES string of the molecule is C[C@H](Sc1ccc(Cl)cc1)C(=O)NCCCN1CCN(C)CC1. The largest absolute Gasteiger partial charge is 0.355 e. The predicted octanol–water partition coefficient (Wildman–Crippen LogP) is 2.57. The maximum atomic E-state index is 12.1. The van der Waals surface area contributed by atoms with E-state index in [2.05, 4.69) is 22.2 Å². The standard InChI is InChI=1S/C17H26ClN3OS/c1-14(23-16-6-4-15(18)5-7-16)17(22)19-8-3-9-21-12-10-20(2)11-13-21/h4-7,14H,3,8-13H2,1-2H3,(H,19,22)/t14-/m0/s1. The highest BCUT2D eigenvalue weighted by Crippen LogP contribution is 2.24. The molecule has 128 valence electrons. The van der Waals surface area contributed by atoms with E-state index >= 15 is 0 Å². The first-order valence-electron chi connectivity index (χ1n) is 8.15. The predicted molar refractivity (Wildman–Crippen MR) is 98.3 cm³/mol. The molecule has 0 radical (unpaired) electrons. The lowest BCUT2D eigenvalue weighted by atomic mass is 10.3. The highest BCUT2D eigenvalue weighted by atomic mass is 35.5. The Morgan fingerprint density at radius 1 is 1.26 bits per heavy atom. The Morgan fingerprint density at radius 2 is 1.91 bits per heavy atom. The Labute approximate surface area is 148 Å². The second-order valence-electron chi connectivity index (χ2n) is 6.00. The highest BCUT2D eigenvalue weighted by molar-refractivity contribution is 8.00. The van der Waals surface area contributed by atoms with Crippen LogP contribution in [0.5, 0.6) is 0 Å². The van der Waals surface area contributed by atoms with E-state index in [4.69, 9.17) is 11.6 Å². The van der Waals surface area contributed by atoms with E-state index in [9.17, 15) is 4.79 Å². The maximum absolute atomic E-state index is 12.1. The number of halogens is 1. The second-order valence-corrected chi connectivity index (χ2v) is 7.85. The molecule has 1 N–H and O–H groups in total. The van der Waals surface area contributed by atoms with Gasteiger partial charge in [-0.05, 0) is 51.2 Å². The van der Waals surface area contributed by atoms with E-state index in [1.54, 1.807) is 11.8 Å². The number of amides is 1. The Morgan fingerprint density at radius 3 is 2.57 bits per heavy atom. The van der Waals surface area contributed by atoms with Crippen LogP contribution in [0.3, 0.4) is 0 Å².